The molecule has 0 aliphatic rings. The maximum absolute atomic E-state index is 6.22. The maximum atomic E-state index is 6.22. The fourth-order valence-electron chi connectivity index (χ4n) is 11.2. The molecule has 0 saturated carbocycles. The van der Waals surface area contributed by atoms with Gasteiger partial charge in [0.1, 0.15) is 11.2 Å². The highest BCUT2D eigenvalue weighted by Gasteiger charge is 2.19. The van der Waals surface area contributed by atoms with Crippen molar-refractivity contribution in [3.63, 3.8) is 0 Å². The molecule has 0 fully saturated rings. The lowest BCUT2D eigenvalue weighted by atomic mass is 9.96. The van der Waals surface area contributed by atoms with E-state index in [1.165, 1.54) is 55.2 Å². The Hall–Kier alpha value is -9.96. The second kappa shape index (κ2) is 18.6. The van der Waals surface area contributed by atoms with Gasteiger partial charge in [0.2, 0.25) is 0 Å². The number of aromatic nitrogens is 1. The van der Waals surface area contributed by atoms with Crippen LogP contribution < -0.4 is 4.90 Å². The summed E-state index contributed by atoms with van der Waals surface area (Å²) < 4.78 is 8.61. The fourth-order valence-corrected chi connectivity index (χ4v) is 11.2. The van der Waals surface area contributed by atoms with Crippen molar-refractivity contribution < 1.29 is 4.42 Å². The van der Waals surface area contributed by atoms with Crippen LogP contribution in [0.1, 0.15) is 0 Å². The first-order chi connectivity index (χ1) is 37.2. The number of hydrogen-bond acceptors (Lipinski definition) is 2. The highest BCUT2D eigenvalue weighted by Crippen LogP contribution is 2.43. The first kappa shape index (κ1) is 43.8. The van der Waals surface area contributed by atoms with Crippen LogP contribution in [0, 0.1) is 0 Å². The second-order valence-corrected chi connectivity index (χ2v) is 19.2. The molecule has 3 nitrogen and oxygen atoms in total. The lowest BCUT2D eigenvalue weighted by Gasteiger charge is -2.28. The molecule has 352 valence electrons. The number of para-hydroxylation sites is 4. The van der Waals surface area contributed by atoms with Crippen molar-refractivity contribution in [2.24, 2.45) is 0 Å². The molecule has 2 heterocycles. The van der Waals surface area contributed by atoms with Gasteiger partial charge in [-0.2, -0.15) is 0 Å². The van der Waals surface area contributed by atoms with Gasteiger partial charge in [0.05, 0.1) is 16.7 Å². The van der Waals surface area contributed by atoms with E-state index in [1.807, 2.05) is 12.1 Å². The zero-order chi connectivity index (χ0) is 49.7. The standard InChI is InChI=1S/C72H48N2O/c1-2-14-49(15-3-1)50-32-36-56(37-33-50)62-18-4-8-23-67(62)73(60-46-42-54(43-47-60)52-34-38-57(39-35-52)63-22-13-27-71-72(63)66-21-7-11-26-70(66)75-71)59-44-40-53(41-45-59)51-28-30-55(31-29-51)58-16-12-17-61(48-58)74-68-24-9-5-19-64(68)65-20-6-10-25-69(65)74/h1-48H. The highest BCUT2D eigenvalue weighted by atomic mass is 16.3. The van der Waals surface area contributed by atoms with E-state index < -0.39 is 0 Å². The van der Waals surface area contributed by atoms with Gasteiger partial charge < -0.3 is 13.9 Å². The normalized spacial score (nSPS) is 11.5. The van der Waals surface area contributed by atoms with Crippen LogP contribution in [0.15, 0.2) is 296 Å². The second-order valence-electron chi connectivity index (χ2n) is 19.2. The summed E-state index contributed by atoms with van der Waals surface area (Å²) in [4.78, 5) is 2.39. The summed E-state index contributed by atoms with van der Waals surface area (Å²) in [5.74, 6) is 0. The maximum Gasteiger partial charge on any atom is 0.136 e. The third-order valence-electron chi connectivity index (χ3n) is 14.9. The average molecular weight is 957 g/mol. The number of furan rings is 1. The third kappa shape index (κ3) is 7.95. The minimum atomic E-state index is 0.905. The van der Waals surface area contributed by atoms with Crippen molar-refractivity contribution in [3.05, 3.63) is 291 Å². The summed E-state index contributed by atoms with van der Waals surface area (Å²) in [6.45, 7) is 0. The van der Waals surface area contributed by atoms with Gasteiger partial charge in [-0.05, 0) is 128 Å². The summed E-state index contributed by atoms with van der Waals surface area (Å²) in [5, 5.41) is 4.81. The smallest absolute Gasteiger partial charge is 0.136 e. The first-order valence-electron chi connectivity index (χ1n) is 25.6. The summed E-state index contributed by atoms with van der Waals surface area (Å²) >= 11 is 0. The topological polar surface area (TPSA) is 21.3 Å². The van der Waals surface area contributed by atoms with Gasteiger partial charge in [-0.25, -0.2) is 0 Å². The quantitative estimate of drug-likeness (QED) is 0.136. The molecular weight excluding hydrogens is 909 g/mol. The Morgan fingerprint density at radius 1 is 0.267 bits per heavy atom. The monoisotopic (exact) mass is 956 g/mol. The van der Waals surface area contributed by atoms with Gasteiger partial charge in [0.25, 0.3) is 0 Å². The Morgan fingerprint density at radius 3 is 1.27 bits per heavy atom. The van der Waals surface area contributed by atoms with E-state index in [0.29, 0.717) is 0 Å². The minimum Gasteiger partial charge on any atom is -0.456 e. The van der Waals surface area contributed by atoms with Gasteiger partial charge in [-0.3, -0.25) is 0 Å². The Bertz CT molecular complexity index is 4300. The van der Waals surface area contributed by atoms with Crippen LogP contribution in [0.5, 0.6) is 0 Å². The van der Waals surface area contributed by atoms with Crippen molar-refractivity contribution in [1.29, 1.82) is 0 Å². The molecule has 12 aromatic carbocycles. The van der Waals surface area contributed by atoms with E-state index in [9.17, 15) is 0 Å². The first-order valence-corrected chi connectivity index (χ1v) is 25.6. The van der Waals surface area contributed by atoms with E-state index in [2.05, 4.69) is 289 Å². The lowest BCUT2D eigenvalue weighted by molar-refractivity contribution is 0.669. The van der Waals surface area contributed by atoms with Crippen LogP contribution in [0.25, 0.3) is 116 Å². The van der Waals surface area contributed by atoms with Crippen LogP contribution in [-0.4, -0.2) is 4.57 Å². The van der Waals surface area contributed by atoms with Gasteiger partial charge >= 0.3 is 0 Å². The van der Waals surface area contributed by atoms with Crippen LogP contribution in [0.2, 0.25) is 0 Å². The van der Waals surface area contributed by atoms with Gasteiger partial charge in [-0.15, -0.1) is 0 Å². The molecule has 0 saturated heterocycles. The summed E-state index contributed by atoms with van der Waals surface area (Å²) in [7, 11) is 0. The molecule has 0 bridgehead atoms. The highest BCUT2D eigenvalue weighted by molar-refractivity contribution is 6.12. The third-order valence-corrected chi connectivity index (χ3v) is 14.9. The Balaban J connectivity index is 0.788. The molecule has 0 atom stereocenters. The van der Waals surface area contributed by atoms with Crippen molar-refractivity contribution in [2.75, 3.05) is 4.90 Å². The van der Waals surface area contributed by atoms with E-state index in [-0.39, 0.29) is 0 Å². The molecule has 0 unspecified atom stereocenters. The number of hydrogen-bond donors (Lipinski definition) is 0. The van der Waals surface area contributed by atoms with E-state index >= 15 is 0 Å². The molecule has 0 aliphatic carbocycles. The predicted octanol–water partition coefficient (Wildman–Crippen LogP) is 20.2. The molecule has 2 aromatic heterocycles. The molecule has 0 amide bonds. The van der Waals surface area contributed by atoms with Crippen molar-refractivity contribution >= 4 is 60.8 Å². The van der Waals surface area contributed by atoms with Crippen LogP contribution in [-0.2, 0) is 0 Å². The van der Waals surface area contributed by atoms with Crippen LogP contribution >= 0.6 is 0 Å². The van der Waals surface area contributed by atoms with Gasteiger partial charge in [-0.1, -0.05) is 224 Å². The molecule has 3 heteroatoms. The molecule has 0 radical (unpaired) electrons. The average Bonchev–Trinajstić information content (AvgIpc) is 4.07. The molecular formula is C72H48N2O. The summed E-state index contributed by atoms with van der Waals surface area (Å²) in [6.07, 6.45) is 0. The Labute approximate surface area is 436 Å². The Morgan fingerprint density at radius 2 is 0.667 bits per heavy atom. The molecule has 0 N–H and O–H groups in total. The SMILES string of the molecule is c1ccc(-c2ccc(-c3ccccc3N(c3ccc(-c4ccc(-c5cccc(-n6c7ccccc7c7ccccc76)c5)cc4)cc3)c3ccc(-c4ccc(-c5cccc6oc7ccccc7c56)cc4)cc3)cc2)cc1. The van der Waals surface area contributed by atoms with Crippen LogP contribution in [0.3, 0.4) is 0 Å². The number of anilines is 3. The van der Waals surface area contributed by atoms with Crippen molar-refractivity contribution in [1.82, 2.24) is 4.57 Å². The fraction of sp³-hybridized carbons (Fsp3) is 0. The summed E-state index contributed by atoms with van der Waals surface area (Å²) in [5.41, 5.74) is 22.7. The van der Waals surface area contributed by atoms with Crippen LogP contribution in [0.4, 0.5) is 17.1 Å². The molecule has 75 heavy (non-hydrogen) atoms. The zero-order valence-corrected chi connectivity index (χ0v) is 41.0. The van der Waals surface area contributed by atoms with Gasteiger partial charge in [0.15, 0.2) is 0 Å². The van der Waals surface area contributed by atoms with Crippen molar-refractivity contribution in [2.45, 2.75) is 0 Å². The molecule has 14 rings (SSSR count). The molecule has 0 aliphatic heterocycles. The lowest BCUT2D eigenvalue weighted by Crippen LogP contribution is -2.11. The minimum absolute atomic E-state index is 0.905. The zero-order valence-electron chi connectivity index (χ0n) is 41.0. The summed E-state index contributed by atoms with van der Waals surface area (Å²) in [6, 6.07) is 105. The number of rotatable bonds is 10. The molecule has 14 aromatic rings. The molecule has 0 spiro atoms. The van der Waals surface area contributed by atoms with E-state index in [4.69, 9.17) is 4.42 Å². The van der Waals surface area contributed by atoms with E-state index in [1.54, 1.807) is 0 Å². The number of nitrogens with zero attached hydrogens (tertiary/aromatic N) is 2. The van der Waals surface area contributed by atoms with E-state index in [0.717, 1.165) is 78.1 Å². The number of benzene rings is 12. The van der Waals surface area contributed by atoms with Gasteiger partial charge in [0, 0.05) is 44.2 Å². The number of fused-ring (bicyclic) bond motifs is 6. The van der Waals surface area contributed by atoms with Crippen molar-refractivity contribution in [3.8, 4) is 72.4 Å². The predicted molar refractivity (Wildman–Crippen MR) is 315 cm³/mol. The Kier molecular flexibility index (Phi) is 10.8. The largest absolute Gasteiger partial charge is 0.456 e.